The van der Waals surface area contributed by atoms with Gasteiger partial charge in [0.1, 0.15) is 5.03 Å². The van der Waals surface area contributed by atoms with Crippen molar-refractivity contribution >= 4 is 23.4 Å². The van der Waals surface area contributed by atoms with E-state index in [1.807, 2.05) is 6.92 Å². The van der Waals surface area contributed by atoms with E-state index in [1.165, 1.54) is 10.9 Å². The van der Waals surface area contributed by atoms with Crippen molar-refractivity contribution in [1.29, 1.82) is 0 Å². The van der Waals surface area contributed by atoms with E-state index in [-0.39, 0.29) is 5.02 Å². The van der Waals surface area contributed by atoms with Crippen molar-refractivity contribution in [2.75, 3.05) is 0 Å². The van der Waals surface area contributed by atoms with Gasteiger partial charge in [-0.2, -0.15) is 13.9 Å². The molecule has 1 aromatic rings. The summed E-state index contributed by atoms with van der Waals surface area (Å²) in [6, 6.07) is 0. The van der Waals surface area contributed by atoms with E-state index in [0.717, 1.165) is 0 Å². The normalized spacial score (nSPS) is 11.1. The molecule has 0 bridgehead atoms. The molecule has 0 aliphatic carbocycles. The summed E-state index contributed by atoms with van der Waals surface area (Å²) in [6.07, 6.45) is 1.37. The smallest absolute Gasteiger partial charge is 0.258 e. The lowest BCUT2D eigenvalue weighted by Crippen LogP contribution is -1.99. The average Bonchev–Trinajstić information content (AvgIpc) is 2.32. The van der Waals surface area contributed by atoms with Crippen LogP contribution in [0.5, 0.6) is 0 Å². The number of halogens is 3. The number of hydrogen-bond acceptors (Lipinski definition) is 2. The third kappa shape index (κ3) is 2.10. The van der Waals surface area contributed by atoms with Gasteiger partial charge in [-0.15, -0.1) is 0 Å². The van der Waals surface area contributed by atoms with Gasteiger partial charge in [0.2, 0.25) is 0 Å². The van der Waals surface area contributed by atoms with Crippen LogP contribution in [-0.4, -0.2) is 15.5 Å². The summed E-state index contributed by atoms with van der Waals surface area (Å²) >= 11 is 6.05. The Morgan fingerprint density at radius 1 is 1.75 bits per heavy atom. The van der Waals surface area contributed by atoms with Crippen molar-refractivity contribution in [3.8, 4) is 0 Å². The molecule has 6 heteroatoms. The van der Waals surface area contributed by atoms with Crippen LogP contribution in [0.2, 0.25) is 5.02 Å². The third-order valence-electron chi connectivity index (χ3n) is 1.25. The monoisotopic (exact) mass is 212 g/mol. The maximum Gasteiger partial charge on any atom is 0.290 e. The Balaban J connectivity index is 2.86. The van der Waals surface area contributed by atoms with Crippen molar-refractivity contribution in [1.82, 2.24) is 9.78 Å². The topological polar surface area (TPSA) is 17.8 Å². The first-order chi connectivity index (χ1) is 5.65. The van der Waals surface area contributed by atoms with Crippen LogP contribution in [0, 0.1) is 0 Å². The Hall–Kier alpha value is -0.290. The van der Waals surface area contributed by atoms with Gasteiger partial charge in [-0.3, -0.25) is 4.68 Å². The van der Waals surface area contributed by atoms with E-state index < -0.39 is 5.76 Å². The van der Waals surface area contributed by atoms with Gasteiger partial charge < -0.3 is 0 Å². The molecule has 0 amide bonds. The van der Waals surface area contributed by atoms with Crippen LogP contribution in [0.4, 0.5) is 8.78 Å². The number of thioether (sulfide) groups is 1. The molecule has 1 heterocycles. The molecule has 0 fully saturated rings. The molecule has 0 radical (unpaired) electrons. The summed E-state index contributed by atoms with van der Waals surface area (Å²) in [5, 5.41) is 4.43. The average molecular weight is 213 g/mol. The van der Waals surface area contributed by atoms with Crippen molar-refractivity contribution < 1.29 is 8.78 Å². The third-order valence-corrected chi connectivity index (χ3v) is 2.47. The van der Waals surface area contributed by atoms with Gasteiger partial charge in [0, 0.05) is 6.54 Å². The number of alkyl halides is 2. The molecule has 12 heavy (non-hydrogen) atoms. The molecule has 0 saturated carbocycles. The van der Waals surface area contributed by atoms with Crippen LogP contribution >= 0.6 is 23.4 Å². The minimum absolute atomic E-state index is 0.280. The predicted molar refractivity (Wildman–Crippen MR) is 44.8 cm³/mol. The number of hydrogen-bond donors (Lipinski definition) is 0. The van der Waals surface area contributed by atoms with Gasteiger partial charge >= 0.3 is 0 Å². The Bertz CT molecular complexity index is 264. The Morgan fingerprint density at radius 2 is 2.42 bits per heavy atom. The van der Waals surface area contributed by atoms with Gasteiger partial charge in [-0.1, -0.05) is 11.6 Å². The second kappa shape index (κ2) is 4.09. The first-order valence-electron chi connectivity index (χ1n) is 3.31. The standard InChI is InChI=1S/C6H7ClF2N2S/c1-2-11-5(12-6(8)9)4(7)3-10-11/h3,6H,2H2,1H3. The van der Waals surface area contributed by atoms with Gasteiger partial charge in [0.25, 0.3) is 5.76 Å². The number of aryl methyl sites for hydroxylation is 1. The number of rotatable bonds is 3. The van der Waals surface area contributed by atoms with Crippen LogP contribution in [0.3, 0.4) is 0 Å². The molecule has 0 saturated heterocycles. The molecule has 0 spiro atoms. The molecule has 0 aromatic carbocycles. The summed E-state index contributed by atoms with van der Waals surface area (Å²) in [6.45, 7) is 2.36. The van der Waals surface area contributed by atoms with Crippen LogP contribution in [0.1, 0.15) is 6.92 Å². The summed E-state index contributed by atoms with van der Waals surface area (Å²) in [5.74, 6) is -2.45. The zero-order valence-electron chi connectivity index (χ0n) is 6.30. The first-order valence-corrected chi connectivity index (χ1v) is 4.57. The maximum atomic E-state index is 12.0. The summed E-state index contributed by atoms with van der Waals surface area (Å²) < 4.78 is 25.4. The predicted octanol–water partition coefficient (Wildman–Crippen LogP) is 2.87. The quantitative estimate of drug-likeness (QED) is 0.717. The number of aromatic nitrogens is 2. The zero-order chi connectivity index (χ0) is 9.14. The maximum absolute atomic E-state index is 12.0. The van der Waals surface area contributed by atoms with Crippen LogP contribution in [0.25, 0.3) is 0 Å². The van der Waals surface area contributed by atoms with Crippen LogP contribution in [-0.2, 0) is 6.54 Å². The van der Waals surface area contributed by atoms with Crippen molar-refractivity contribution in [3.05, 3.63) is 11.2 Å². The van der Waals surface area contributed by atoms with Crippen LogP contribution in [0.15, 0.2) is 11.2 Å². The Morgan fingerprint density at radius 3 is 2.92 bits per heavy atom. The summed E-state index contributed by atoms with van der Waals surface area (Å²) in [4.78, 5) is 0. The van der Waals surface area contributed by atoms with E-state index >= 15 is 0 Å². The minimum atomic E-state index is -2.45. The summed E-state index contributed by atoms with van der Waals surface area (Å²) in [5.41, 5.74) is 0. The van der Waals surface area contributed by atoms with E-state index in [9.17, 15) is 8.78 Å². The number of nitrogens with zero attached hydrogens (tertiary/aromatic N) is 2. The van der Waals surface area contributed by atoms with Gasteiger partial charge in [0.05, 0.1) is 11.2 Å². The highest BCUT2D eigenvalue weighted by molar-refractivity contribution is 7.99. The minimum Gasteiger partial charge on any atom is -0.258 e. The van der Waals surface area contributed by atoms with Crippen LogP contribution < -0.4 is 0 Å². The fourth-order valence-electron chi connectivity index (χ4n) is 0.778. The molecule has 0 aliphatic rings. The molecule has 68 valence electrons. The van der Waals surface area contributed by atoms with Gasteiger partial charge in [-0.25, -0.2) is 0 Å². The second-order valence-electron chi connectivity index (χ2n) is 1.99. The van der Waals surface area contributed by atoms with Crippen molar-refractivity contribution in [2.45, 2.75) is 24.3 Å². The van der Waals surface area contributed by atoms with E-state index in [2.05, 4.69) is 5.10 Å². The molecule has 1 aromatic heterocycles. The Kier molecular flexibility index (Phi) is 3.34. The van der Waals surface area contributed by atoms with E-state index in [1.54, 1.807) is 0 Å². The summed E-state index contributed by atoms with van der Waals surface area (Å²) in [7, 11) is 0. The SMILES string of the molecule is CCn1ncc(Cl)c1SC(F)F. The molecule has 0 unspecified atom stereocenters. The lowest BCUT2D eigenvalue weighted by molar-refractivity contribution is 0.251. The van der Waals surface area contributed by atoms with E-state index in [4.69, 9.17) is 11.6 Å². The molecule has 2 nitrogen and oxygen atoms in total. The molecule has 1 rings (SSSR count). The molecular weight excluding hydrogens is 206 g/mol. The highest BCUT2D eigenvalue weighted by Crippen LogP contribution is 2.31. The lowest BCUT2D eigenvalue weighted by Gasteiger charge is -2.02. The van der Waals surface area contributed by atoms with Gasteiger partial charge in [-0.05, 0) is 18.7 Å². The molecular formula is C6H7ClF2N2S. The second-order valence-corrected chi connectivity index (χ2v) is 3.38. The van der Waals surface area contributed by atoms with Crippen molar-refractivity contribution in [3.63, 3.8) is 0 Å². The molecule has 0 N–H and O–H groups in total. The fraction of sp³-hybridized carbons (Fsp3) is 0.500. The molecule has 0 atom stereocenters. The van der Waals surface area contributed by atoms with Crippen molar-refractivity contribution in [2.24, 2.45) is 0 Å². The largest absolute Gasteiger partial charge is 0.290 e. The fourth-order valence-corrected chi connectivity index (χ4v) is 1.68. The first kappa shape index (κ1) is 9.80. The molecule has 0 aliphatic heterocycles. The highest BCUT2D eigenvalue weighted by atomic mass is 35.5. The van der Waals surface area contributed by atoms with Gasteiger partial charge in [0.15, 0.2) is 0 Å². The zero-order valence-corrected chi connectivity index (χ0v) is 7.87. The lowest BCUT2D eigenvalue weighted by atomic mass is 10.7. The highest BCUT2D eigenvalue weighted by Gasteiger charge is 2.13. The van der Waals surface area contributed by atoms with E-state index in [0.29, 0.717) is 23.3 Å². The Labute approximate surface area is 77.9 Å².